The highest BCUT2D eigenvalue weighted by Crippen LogP contribution is 2.52. The second kappa shape index (κ2) is 10.8. The average molecular weight is 577 g/mol. The molecule has 0 spiro atoms. The Morgan fingerprint density at radius 2 is 1.75 bits per heavy atom. The molecule has 2 aliphatic heterocycles. The Hall–Kier alpha value is -3.51. The molecule has 2 aromatic rings. The molecule has 3 heterocycles. The van der Waals surface area contributed by atoms with Gasteiger partial charge < -0.3 is 25.1 Å². The van der Waals surface area contributed by atoms with Gasteiger partial charge in [-0.1, -0.05) is 23.7 Å². The normalized spacial score (nSPS) is 21.5. The van der Waals surface area contributed by atoms with Gasteiger partial charge in [0.2, 0.25) is 5.75 Å². The van der Waals surface area contributed by atoms with E-state index in [0.29, 0.717) is 32.2 Å². The fourth-order valence-electron chi connectivity index (χ4n) is 5.95. The number of likely N-dealkylation sites (N-methyl/N-ethyl adjacent to an activating group) is 2. The molecule has 0 radical (unpaired) electrons. The molecule has 11 nitrogen and oxygen atoms in total. The van der Waals surface area contributed by atoms with Crippen LogP contribution in [-0.4, -0.2) is 88.9 Å². The average Bonchev–Trinajstić information content (AvgIpc) is 3.13. The van der Waals surface area contributed by atoms with Crippen LogP contribution in [0.3, 0.4) is 0 Å². The lowest BCUT2D eigenvalue weighted by molar-refractivity contribution is -0.155. The van der Waals surface area contributed by atoms with E-state index in [9.17, 15) is 28.7 Å². The fourth-order valence-corrected chi connectivity index (χ4v) is 6.15. The quantitative estimate of drug-likeness (QED) is 0.499. The minimum atomic E-state index is -1.17. The first-order chi connectivity index (χ1) is 18.7. The Labute approximate surface area is 236 Å². The summed E-state index contributed by atoms with van der Waals surface area (Å²) in [6.07, 6.45) is 2.04. The zero-order valence-electron chi connectivity index (χ0n) is 23.3. The summed E-state index contributed by atoms with van der Waals surface area (Å²) in [7, 11) is 8.31. The van der Waals surface area contributed by atoms with Gasteiger partial charge in [0.1, 0.15) is 17.2 Å². The number of nitrogens with zero attached hydrogens (tertiary/aromatic N) is 5. The Morgan fingerprint density at radius 3 is 2.35 bits per heavy atom. The van der Waals surface area contributed by atoms with Crippen LogP contribution in [0.1, 0.15) is 47.6 Å². The van der Waals surface area contributed by atoms with E-state index in [0.717, 1.165) is 0 Å². The number of amides is 3. The van der Waals surface area contributed by atoms with Gasteiger partial charge in [0, 0.05) is 51.8 Å². The summed E-state index contributed by atoms with van der Waals surface area (Å²) >= 11 is 5.83. The van der Waals surface area contributed by atoms with Gasteiger partial charge in [-0.25, -0.2) is 9.37 Å². The molecule has 13 heteroatoms. The van der Waals surface area contributed by atoms with Gasteiger partial charge >= 0.3 is 11.8 Å². The number of rotatable bonds is 6. The summed E-state index contributed by atoms with van der Waals surface area (Å²) in [5.41, 5.74) is -2.76. The maximum Gasteiger partial charge on any atom is 0.312 e. The van der Waals surface area contributed by atoms with Crippen molar-refractivity contribution >= 4 is 29.3 Å². The molecule has 40 heavy (non-hydrogen) atoms. The molecule has 3 amide bonds. The van der Waals surface area contributed by atoms with Crippen molar-refractivity contribution in [3.05, 3.63) is 56.5 Å². The summed E-state index contributed by atoms with van der Waals surface area (Å²) in [6.45, 7) is 0.607. The molecule has 1 saturated carbocycles. The first-order valence-corrected chi connectivity index (χ1v) is 13.3. The number of carbonyl (C=O) groups is 3. The summed E-state index contributed by atoms with van der Waals surface area (Å²) in [5.74, 6) is -3.81. The van der Waals surface area contributed by atoms with E-state index < -0.39 is 46.1 Å². The van der Waals surface area contributed by atoms with E-state index >= 15 is 0 Å². The van der Waals surface area contributed by atoms with Crippen molar-refractivity contribution in [3.63, 3.8) is 0 Å². The topological polar surface area (TPSA) is 128 Å². The molecule has 2 N–H and O–H groups in total. The Kier molecular flexibility index (Phi) is 7.97. The molecule has 0 unspecified atom stereocenters. The molecule has 0 saturated heterocycles. The van der Waals surface area contributed by atoms with E-state index in [1.165, 1.54) is 53.7 Å². The monoisotopic (exact) mass is 576 g/mol. The SMILES string of the molecule is CN(C)CC12CCC(N(C)C(=O)C(=O)N(C)C)(CC1)c1nc(C(=O)NCc3cccc(Cl)c3F)c(O)c(=O)n1C2. The lowest BCUT2D eigenvalue weighted by Crippen LogP contribution is -2.55. The first-order valence-electron chi connectivity index (χ1n) is 12.9. The second-order valence-corrected chi connectivity index (χ2v) is 11.7. The maximum absolute atomic E-state index is 14.4. The number of aromatic nitrogens is 2. The molecule has 1 aromatic heterocycles. The van der Waals surface area contributed by atoms with Crippen LogP contribution < -0.4 is 10.9 Å². The molecule has 0 atom stereocenters. The molecular formula is C27H34ClFN6O5. The zero-order chi connectivity index (χ0) is 29.6. The predicted molar refractivity (Wildman–Crippen MR) is 145 cm³/mol. The highest BCUT2D eigenvalue weighted by atomic mass is 35.5. The first kappa shape index (κ1) is 29.5. The standard InChI is InChI=1S/C27H34ClFN6O5/c1-32(2)14-26-9-11-27(12-10-26,34(5)24(40)23(39)33(3)4)25-31-19(20(36)22(38)35(25)15-26)21(37)30-13-16-7-6-8-17(28)18(16)29/h6-8,36H,9-15H2,1-5H3,(H,30,37). The number of hydrogen-bond donors (Lipinski definition) is 2. The number of benzene rings is 1. The van der Waals surface area contributed by atoms with Gasteiger partial charge in [-0.3, -0.25) is 23.7 Å². The van der Waals surface area contributed by atoms with Crippen LogP contribution in [0.25, 0.3) is 0 Å². The Morgan fingerprint density at radius 1 is 1.10 bits per heavy atom. The van der Waals surface area contributed by atoms with Crippen molar-refractivity contribution in [3.8, 4) is 5.75 Å². The van der Waals surface area contributed by atoms with Crippen molar-refractivity contribution in [2.45, 2.75) is 44.3 Å². The number of hydrogen-bond acceptors (Lipinski definition) is 7. The van der Waals surface area contributed by atoms with Gasteiger partial charge in [-0.2, -0.15) is 0 Å². The molecule has 2 bridgehead atoms. The van der Waals surface area contributed by atoms with Gasteiger partial charge in [0.15, 0.2) is 5.69 Å². The molecule has 5 rings (SSSR count). The number of nitrogens with one attached hydrogen (secondary N) is 1. The largest absolute Gasteiger partial charge is 0.501 e. The van der Waals surface area contributed by atoms with Crippen LogP contribution in [0.5, 0.6) is 5.75 Å². The van der Waals surface area contributed by atoms with Gasteiger partial charge in [-0.05, 0) is 45.8 Å². The zero-order valence-corrected chi connectivity index (χ0v) is 24.0. The molecule has 1 aromatic carbocycles. The highest BCUT2D eigenvalue weighted by molar-refractivity contribution is 6.34. The van der Waals surface area contributed by atoms with Crippen LogP contribution in [0.4, 0.5) is 4.39 Å². The number of aromatic hydroxyl groups is 1. The van der Waals surface area contributed by atoms with E-state index in [4.69, 9.17) is 11.6 Å². The van der Waals surface area contributed by atoms with Gasteiger partial charge in [-0.15, -0.1) is 0 Å². The molecule has 3 aliphatic rings. The van der Waals surface area contributed by atoms with E-state index in [2.05, 4.69) is 10.3 Å². The summed E-state index contributed by atoms with van der Waals surface area (Å²) < 4.78 is 15.7. The Bertz CT molecular complexity index is 1420. The lowest BCUT2D eigenvalue weighted by atomic mass is 9.67. The van der Waals surface area contributed by atoms with Crippen LogP contribution in [0.15, 0.2) is 23.0 Å². The van der Waals surface area contributed by atoms with Crippen LogP contribution in [0, 0.1) is 11.2 Å². The smallest absolute Gasteiger partial charge is 0.312 e. The van der Waals surface area contributed by atoms with Crippen molar-refractivity contribution in [2.75, 3.05) is 41.8 Å². The molecular weight excluding hydrogens is 543 g/mol. The van der Waals surface area contributed by atoms with Crippen LogP contribution >= 0.6 is 11.6 Å². The Balaban J connectivity index is 1.81. The number of halogens is 2. The fraction of sp³-hybridized carbons (Fsp3) is 0.519. The molecule has 1 fully saturated rings. The van der Waals surface area contributed by atoms with Crippen molar-refractivity contribution in [1.82, 2.24) is 29.6 Å². The molecule has 1 aliphatic carbocycles. The van der Waals surface area contributed by atoms with E-state index in [1.807, 2.05) is 19.0 Å². The van der Waals surface area contributed by atoms with Crippen LogP contribution in [-0.2, 0) is 28.2 Å². The molecule has 216 valence electrons. The van der Waals surface area contributed by atoms with E-state index in [-0.39, 0.29) is 34.9 Å². The van der Waals surface area contributed by atoms with Crippen molar-refractivity contribution in [1.29, 1.82) is 0 Å². The van der Waals surface area contributed by atoms with E-state index in [1.54, 1.807) is 0 Å². The second-order valence-electron chi connectivity index (χ2n) is 11.3. The number of fused-ring (bicyclic) bond motifs is 2. The van der Waals surface area contributed by atoms with Gasteiger partial charge in [0.05, 0.1) is 5.02 Å². The third-order valence-corrected chi connectivity index (χ3v) is 8.36. The van der Waals surface area contributed by atoms with Crippen LogP contribution in [0.2, 0.25) is 5.02 Å². The third kappa shape index (κ3) is 5.05. The summed E-state index contributed by atoms with van der Waals surface area (Å²) in [4.78, 5) is 61.8. The minimum Gasteiger partial charge on any atom is -0.501 e. The summed E-state index contributed by atoms with van der Waals surface area (Å²) in [6, 6.07) is 4.35. The number of carbonyl (C=O) groups excluding carboxylic acids is 3. The van der Waals surface area contributed by atoms with Crippen molar-refractivity contribution < 1.29 is 23.9 Å². The minimum absolute atomic E-state index is 0.111. The van der Waals surface area contributed by atoms with Crippen molar-refractivity contribution in [2.24, 2.45) is 5.41 Å². The highest BCUT2D eigenvalue weighted by Gasteiger charge is 2.54. The van der Waals surface area contributed by atoms with Gasteiger partial charge in [0.25, 0.3) is 11.5 Å². The lowest BCUT2D eigenvalue weighted by Gasteiger charge is -2.47. The summed E-state index contributed by atoms with van der Waals surface area (Å²) in [5, 5.41) is 13.2. The predicted octanol–water partition coefficient (Wildman–Crippen LogP) is 1.55. The third-order valence-electron chi connectivity index (χ3n) is 8.07. The maximum atomic E-state index is 14.4.